The van der Waals surface area contributed by atoms with E-state index in [2.05, 4.69) is 11.7 Å². The fourth-order valence-corrected chi connectivity index (χ4v) is 1.35. The lowest BCUT2D eigenvalue weighted by Crippen LogP contribution is -2.38. The zero-order valence-corrected chi connectivity index (χ0v) is 9.67. The van der Waals surface area contributed by atoms with Crippen molar-refractivity contribution < 1.29 is 14.6 Å². The van der Waals surface area contributed by atoms with Crippen LogP contribution in [0, 0.1) is 5.41 Å². The largest absolute Gasteiger partial charge is 0.469 e. The van der Waals surface area contributed by atoms with Crippen LogP contribution in [0.4, 0.5) is 0 Å². The lowest BCUT2D eigenvalue weighted by molar-refractivity contribution is -0.157. The molecule has 0 radical (unpaired) electrons. The number of aliphatic hydroxyl groups is 1. The molecule has 0 aliphatic heterocycles. The molecule has 0 fully saturated rings. The smallest absolute Gasteiger partial charge is 0.313 e. The van der Waals surface area contributed by atoms with Crippen molar-refractivity contribution in [2.75, 3.05) is 7.11 Å². The molecule has 0 aliphatic carbocycles. The second-order valence-corrected chi connectivity index (χ2v) is 4.22. The summed E-state index contributed by atoms with van der Waals surface area (Å²) in [5.74, 6) is -0.346. The normalized spacial score (nSPS) is 13.8. The van der Waals surface area contributed by atoms with Gasteiger partial charge in [-0.3, -0.25) is 4.79 Å². The highest BCUT2D eigenvalue weighted by Crippen LogP contribution is 2.26. The molecular formula is C11H22O3. The van der Waals surface area contributed by atoms with Crippen molar-refractivity contribution in [3.05, 3.63) is 0 Å². The molecule has 0 aromatic heterocycles. The van der Waals surface area contributed by atoms with E-state index in [1.807, 2.05) is 0 Å². The number of carbonyl (C=O) groups excluding carboxylic acids is 1. The van der Waals surface area contributed by atoms with Crippen LogP contribution in [-0.2, 0) is 9.53 Å². The van der Waals surface area contributed by atoms with Crippen LogP contribution in [0.1, 0.15) is 46.5 Å². The molecular weight excluding hydrogens is 180 g/mol. The van der Waals surface area contributed by atoms with Gasteiger partial charge in [-0.2, -0.15) is 0 Å². The Balaban J connectivity index is 4.07. The molecule has 0 aromatic rings. The van der Waals surface area contributed by atoms with Gasteiger partial charge in [-0.25, -0.2) is 0 Å². The number of methoxy groups -OCH3 is 1. The topological polar surface area (TPSA) is 46.5 Å². The summed E-state index contributed by atoms with van der Waals surface area (Å²) in [6.45, 7) is 5.54. The summed E-state index contributed by atoms with van der Waals surface area (Å²) in [5.41, 5.74) is -0.789. The maximum Gasteiger partial charge on any atom is 0.313 e. The minimum Gasteiger partial charge on any atom is -0.469 e. The van der Waals surface area contributed by atoms with Gasteiger partial charge in [0.1, 0.15) is 0 Å². The average molecular weight is 202 g/mol. The zero-order valence-electron chi connectivity index (χ0n) is 9.67. The van der Waals surface area contributed by atoms with E-state index in [-0.39, 0.29) is 5.97 Å². The quantitative estimate of drug-likeness (QED) is 0.530. The van der Waals surface area contributed by atoms with Gasteiger partial charge in [0, 0.05) is 0 Å². The first kappa shape index (κ1) is 13.4. The molecule has 0 unspecified atom stereocenters. The number of hydrogen-bond acceptors (Lipinski definition) is 3. The SMILES string of the molecule is CCCCC[C@H](O)C(C)(C)C(=O)OC. The third kappa shape index (κ3) is 3.66. The van der Waals surface area contributed by atoms with Crippen LogP contribution < -0.4 is 0 Å². The third-order valence-electron chi connectivity index (χ3n) is 2.63. The van der Waals surface area contributed by atoms with Gasteiger partial charge < -0.3 is 9.84 Å². The first-order valence-electron chi connectivity index (χ1n) is 5.23. The number of ether oxygens (including phenoxy) is 1. The molecule has 0 spiro atoms. The van der Waals surface area contributed by atoms with Crippen molar-refractivity contribution in [3.63, 3.8) is 0 Å². The van der Waals surface area contributed by atoms with Crippen molar-refractivity contribution in [2.24, 2.45) is 5.41 Å². The monoisotopic (exact) mass is 202 g/mol. The Kier molecular flexibility index (Phi) is 5.77. The molecule has 0 amide bonds. The maximum atomic E-state index is 11.3. The van der Waals surface area contributed by atoms with Crippen LogP contribution in [0.5, 0.6) is 0 Å². The maximum absolute atomic E-state index is 11.3. The van der Waals surface area contributed by atoms with Crippen LogP contribution in [0.25, 0.3) is 0 Å². The second-order valence-electron chi connectivity index (χ2n) is 4.22. The van der Waals surface area contributed by atoms with Gasteiger partial charge in [-0.15, -0.1) is 0 Å². The number of unbranched alkanes of at least 4 members (excludes halogenated alkanes) is 2. The summed E-state index contributed by atoms with van der Waals surface area (Å²) in [5, 5.41) is 9.80. The number of hydrogen-bond donors (Lipinski definition) is 1. The fraction of sp³-hybridized carbons (Fsp3) is 0.909. The summed E-state index contributed by atoms with van der Waals surface area (Å²) >= 11 is 0. The number of carbonyl (C=O) groups is 1. The molecule has 0 bridgehead atoms. The van der Waals surface area contributed by atoms with Crippen LogP contribution in [0.3, 0.4) is 0 Å². The van der Waals surface area contributed by atoms with Crippen LogP contribution >= 0.6 is 0 Å². The molecule has 0 saturated carbocycles. The van der Waals surface area contributed by atoms with E-state index in [1.54, 1.807) is 13.8 Å². The Hall–Kier alpha value is -0.570. The van der Waals surface area contributed by atoms with Gasteiger partial charge in [0.25, 0.3) is 0 Å². The highest BCUT2D eigenvalue weighted by molar-refractivity contribution is 5.76. The van der Waals surface area contributed by atoms with E-state index in [1.165, 1.54) is 7.11 Å². The Morgan fingerprint density at radius 1 is 1.43 bits per heavy atom. The van der Waals surface area contributed by atoms with Crippen molar-refractivity contribution >= 4 is 5.97 Å². The summed E-state index contributed by atoms with van der Waals surface area (Å²) in [6, 6.07) is 0. The van der Waals surface area contributed by atoms with Gasteiger partial charge in [-0.05, 0) is 20.3 Å². The van der Waals surface area contributed by atoms with Gasteiger partial charge in [0.2, 0.25) is 0 Å². The standard InChI is InChI=1S/C11H22O3/c1-5-6-7-8-9(12)11(2,3)10(13)14-4/h9,12H,5-8H2,1-4H3/t9-/m0/s1. The highest BCUT2D eigenvalue weighted by atomic mass is 16.5. The Morgan fingerprint density at radius 2 is 2.00 bits per heavy atom. The highest BCUT2D eigenvalue weighted by Gasteiger charge is 2.36. The predicted molar refractivity (Wildman–Crippen MR) is 55.9 cm³/mol. The molecule has 0 rings (SSSR count). The predicted octanol–water partition coefficient (Wildman–Crippen LogP) is 2.13. The summed E-state index contributed by atoms with van der Waals surface area (Å²) in [7, 11) is 1.35. The van der Waals surface area contributed by atoms with Crippen LogP contribution in [-0.4, -0.2) is 24.3 Å². The van der Waals surface area contributed by atoms with Crippen molar-refractivity contribution in [3.8, 4) is 0 Å². The summed E-state index contributed by atoms with van der Waals surface area (Å²) < 4.78 is 4.64. The van der Waals surface area contributed by atoms with Crippen molar-refractivity contribution in [1.29, 1.82) is 0 Å². The first-order valence-corrected chi connectivity index (χ1v) is 5.23. The van der Waals surface area contributed by atoms with Crippen molar-refractivity contribution in [2.45, 2.75) is 52.6 Å². The average Bonchev–Trinajstić information content (AvgIpc) is 2.16. The molecule has 0 aromatic carbocycles. The Labute approximate surface area is 86.5 Å². The van der Waals surface area contributed by atoms with Gasteiger partial charge in [0.15, 0.2) is 0 Å². The van der Waals surface area contributed by atoms with Gasteiger partial charge >= 0.3 is 5.97 Å². The number of aliphatic hydroxyl groups excluding tert-OH is 1. The van der Waals surface area contributed by atoms with Gasteiger partial charge in [0.05, 0.1) is 18.6 Å². The second kappa shape index (κ2) is 6.02. The first-order chi connectivity index (χ1) is 6.46. The van der Waals surface area contributed by atoms with E-state index in [4.69, 9.17) is 0 Å². The molecule has 3 heteroatoms. The molecule has 0 saturated heterocycles. The minimum atomic E-state index is -0.789. The molecule has 0 heterocycles. The Bertz CT molecular complexity index is 175. The zero-order chi connectivity index (χ0) is 11.2. The summed E-state index contributed by atoms with van der Waals surface area (Å²) in [4.78, 5) is 11.3. The number of esters is 1. The number of rotatable bonds is 6. The van der Waals surface area contributed by atoms with Crippen molar-refractivity contribution in [1.82, 2.24) is 0 Å². The van der Waals surface area contributed by atoms with Crippen LogP contribution in [0.2, 0.25) is 0 Å². The minimum absolute atomic E-state index is 0.346. The summed E-state index contributed by atoms with van der Waals surface area (Å²) in [6.07, 6.45) is 3.22. The fourth-order valence-electron chi connectivity index (χ4n) is 1.35. The lowest BCUT2D eigenvalue weighted by Gasteiger charge is -2.27. The van der Waals surface area contributed by atoms with E-state index in [9.17, 15) is 9.90 Å². The van der Waals surface area contributed by atoms with Crippen LogP contribution in [0.15, 0.2) is 0 Å². The van der Waals surface area contributed by atoms with E-state index < -0.39 is 11.5 Å². The molecule has 3 nitrogen and oxygen atoms in total. The van der Waals surface area contributed by atoms with E-state index >= 15 is 0 Å². The molecule has 84 valence electrons. The third-order valence-corrected chi connectivity index (χ3v) is 2.63. The van der Waals surface area contributed by atoms with Gasteiger partial charge in [-0.1, -0.05) is 26.2 Å². The molecule has 1 N–H and O–H groups in total. The lowest BCUT2D eigenvalue weighted by atomic mass is 9.84. The molecule has 1 atom stereocenters. The molecule has 14 heavy (non-hydrogen) atoms. The molecule has 0 aliphatic rings. The van der Waals surface area contributed by atoms with E-state index in [0.29, 0.717) is 6.42 Å². The Morgan fingerprint density at radius 3 is 2.43 bits per heavy atom. The van der Waals surface area contributed by atoms with E-state index in [0.717, 1.165) is 19.3 Å².